The molecule has 6 aliphatic rings. The summed E-state index contributed by atoms with van der Waals surface area (Å²) in [5.74, 6) is -0.0716. The Labute approximate surface area is 243 Å². The minimum atomic E-state index is -4.42. The van der Waals surface area contributed by atoms with Gasteiger partial charge in [-0.2, -0.15) is 13.2 Å². The quantitative estimate of drug-likeness (QED) is 0.348. The molecule has 1 aromatic heterocycles. The van der Waals surface area contributed by atoms with Crippen molar-refractivity contribution in [1.29, 1.82) is 0 Å². The third kappa shape index (κ3) is 5.15. The summed E-state index contributed by atoms with van der Waals surface area (Å²) in [6, 6.07) is 9.76. The molecule has 8 rings (SSSR count). The molecular weight excluding hydrogens is 550 g/mol. The first-order chi connectivity index (χ1) is 19.5. The largest absolute Gasteiger partial charge is 0.444 e. The summed E-state index contributed by atoms with van der Waals surface area (Å²) in [4.78, 5) is 32.5. The fraction of sp³-hybridized carbons (Fsp3) is 0.594. The van der Waals surface area contributed by atoms with E-state index < -0.39 is 34.5 Å². The molecule has 6 fully saturated rings. The zero-order valence-corrected chi connectivity index (χ0v) is 24.2. The van der Waals surface area contributed by atoms with Crippen LogP contribution >= 0.6 is 0 Å². The maximum atomic E-state index is 14.5. The number of benzene rings is 1. The number of fused-ring (bicyclic) bond motifs is 3. The molecule has 226 valence electrons. The third-order valence-corrected chi connectivity index (χ3v) is 10.00. The number of ether oxygens (including phenoxy) is 1. The zero-order valence-electron chi connectivity index (χ0n) is 24.2. The molecule has 10 heteroatoms. The molecule has 4 bridgehead atoms. The molecule has 2 amide bonds. The second kappa shape index (κ2) is 9.41. The fourth-order valence-electron chi connectivity index (χ4n) is 7.73. The molecule has 6 aliphatic carbocycles. The van der Waals surface area contributed by atoms with Crippen LogP contribution in [0.3, 0.4) is 0 Å². The highest BCUT2D eigenvalue weighted by Crippen LogP contribution is 2.70. The van der Waals surface area contributed by atoms with Crippen molar-refractivity contribution < 1.29 is 31.9 Å². The van der Waals surface area contributed by atoms with Crippen molar-refractivity contribution in [3.8, 4) is 0 Å². The Balaban J connectivity index is 1.22. The van der Waals surface area contributed by atoms with Crippen molar-refractivity contribution >= 4 is 23.4 Å². The van der Waals surface area contributed by atoms with Gasteiger partial charge in [0.1, 0.15) is 11.3 Å². The molecule has 6 saturated carbocycles. The maximum absolute atomic E-state index is 14.5. The van der Waals surface area contributed by atoms with Crippen molar-refractivity contribution in [3.63, 3.8) is 0 Å². The number of nitrogens with one attached hydrogen (secondary N) is 1. The monoisotopic (exact) mass is 587 g/mol. The van der Waals surface area contributed by atoms with Gasteiger partial charge in [-0.25, -0.2) is 9.18 Å². The van der Waals surface area contributed by atoms with Crippen LogP contribution in [0.15, 0.2) is 42.6 Å². The highest BCUT2D eigenvalue weighted by Gasteiger charge is 2.73. The van der Waals surface area contributed by atoms with Gasteiger partial charge in [-0.1, -0.05) is 6.07 Å². The maximum Gasteiger partial charge on any atom is 0.417 e. The lowest BCUT2D eigenvalue weighted by Crippen LogP contribution is -2.71. The number of carbonyl (C=O) groups excluding carboxylic acids is 2. The number of nitrogens with zero attached hydrogens (tertiary/aromatic N) is 2. The molecule has 6 nitrogen and oxygen atoms in total. The van der Waals surface area contributed by atoms with Gasteiger partial charge in [0.15, 0.2) is 0 Å². The zero-order chi connectivity index (χ0) is 30.2. The van der Waals surface area contributed by atoms with Crippen LogP contribution in [0.5, 0.6) is 0 Å². The summed E-state index contributed by atoms with van der Waals surface area (Å²) >= 11 is 0. The Morgan fingerprint density at radius 2 is 1.62 bits per heavy atom. The number of hydrogen-bond donors (Lipinski definition) is 1. The Bertz CT molecular complexity index is 1350. The fourth-order valence-corrected chi connectivity index (χ4v) is 7.73. The van der Waals surface area contributed by atoms with Crippen LogP contribution in [-0.2, 0) is 21.1 Å². The summed E-state index contributed by atoms with van der Waals surface area (Å²) in [7, 11) is 0. The summed E-state index contributed by atoms with van der Waals surface area (Å²) in [6.45, 7) is 5.81. The van der Waals surface area contributed by atoms with Crippen LogP contribution in [-0.4, -0.2) is 34.8 Å². The van der Waals surface area contributed by atoms with Crippen LogP contribution in [0.4, 0.5) is 33.7 Å². The van der Waals surface area contributed by atoms with Gasteiger partial charge < -0.3 is 9.64 Å². The summed E-state index contributed by atoms with van der Waals surface area (Å²) in [6.07, 6.45) is 1.46. The molecular formula is C32H37F4N3O3. The predicted octanol–water partition coefficient (Wildman–Crippen LogP) is 7.96. The summed E-state index contributed by atoms with van der Waals surface area (Å²) in [5.41, 5.74) is -1.86. The SMILES string of the molecule is CC(C)(C)OC(=O)Nc1cccc(N(CC23CCC(c4ccc(C(F)(F)F)cn4)(CC2)CC3)C(=O)C23CC(F)(C2)C3)c1. The van der Waals surface area contributed by atoms with Gasteiger partial charge in [-0.15, -0.1) is 0 Å². The van der Waals surface area contributed by atoms with Crippen LogP contribution in [0.25, 0.3) is 0 Å². The number of carbonyl (C=O) groups is 2. The normalized spacial score (nSPS) is 31.5. The van der Waals surface area contributed by atoms with E-state index in [1.807, 2.05) is 6.07 Å². The average molecular weight is 588 g/mol. The molecule has 1 aromatic carbocycles. The highest BCUT2D eigenvalue weighted by molar-refractivity contribution is 6.01. The van der Waals surface area contributed by atoms with E-state index in [0.717, 1.165) is 50.8 Å². The van der Waals surface area contributed by atoms with E-state index in [2.05, 4.69) is 10.3 Å². The van der Waals surface area contributed by atoms with E-state index >= 15 is 0 Å². The molecule has 0 unspecified atom stereocenters. The van der Waals surface area contributed by atoms with Gasteiger partial charge in [0.25, 0.3) is 0 Å². The Morgan fingerprint density at radius 1 is 0.976 bits per heavy atom. The standard InChI is InChI=1S/C32H37F4N3O3/c1-27(2,3)42-26(41)38-22-5-4-6-23(15-22)39(25(40)30-17-31(33,18-30)19-30)20-28-9-12-29(13-10-28,14-11-28)24-8-7-21(16-37-24)32(34,35)36/h4-8,15-16H,9-14,17-20H2,1-3H3,(H,38,41). The molecule has 0 spiro atoms. The number of alkyl halides is 4. The van der Waals surface area contributed by atoms with E-state index in [4.69, 9.17) is 4.74 Å². The number of hydrogen-bond acceptors (Lipinski definition) is 4. The summed E-state index contributed by atoms with van der Waals surface area (Å²) < 4.78 is 59.2. The molecule has 1 N–H and O–H groups in total. The average Bonchev–Trinajstić information content (AvgIpc) is 2.89. The Kier molecular flexibility index (Phi) is 6.48. The number of aromatic nitrogens is 1. The first-order valence-corrected chi connectivity index (χ1v) is 14.7. The number of halogens is 4. The molecule has 42 heavy (non-hydrogen) atoms. The van der Waals surface area contributed by atoms with Crippen molar-refractivity contribution in [2.75, 3.05) is 16.8 Å². The number of pyridine rings is 1. The lowest BCUT2D eigenvalue weighted by molar-refractivity contribution is -0.211. The molecule has 2 aromatic rings. The molecule has 0 aliphatic heterocycles. The van der Waals surface area contributed by atoms with Crippen molar-refractivity contribution in [1.82, 2.24) is 4.98 Å². The molecule has 1 heterocycles. The Hall–Kier alpha value is -3.17. The van der Waals surface area contributed by atoms with Crippen molar-refractivity contribution in [2.45, 2.75) is 101 Å². The Morgan fingerprint density at radius 3 is 2.14 bits per heavy atom. The van der Waals surface area contributed by atoms with E-state index in [0.29, 0.717) is 23.6 Å². The third-order valence-electron chi connectivity index (χ3n) is 10.00. The second-order valence-corrected chi connectivity index (χ2v) is 14.2. The first-order valence-electron chi connectivity index (χ1n) is 14.7. The van der Waals surface area contributed by atoms with Gasteiger partial charge in [-0.3, -0.25) is 15.1 Å². The van der Waals surface area contributed by atoms with Crippen LogP contribution < -0.4 is 10.2 Å². The van der Waals surface area contributed by atoms with E-state index in [-0.39, 0.29) is 36.0 Å². The molecule has 0 radical (unpaired) electrons. The predicted molar refractivity (Wildman–Crippen MR) is 150 cm³/mol. The number of rotatable bonds is 6. The van der Waals surface area contributed by atoms with Gasteiger partial charge >= 0.3 is 12.3 Å². The highest BCUT2D eigenvalue weighted by atomic mass is 19.4. The van der Waals surface area contributed by atoms with Crippen LogP contribution in [0.1, 0.15) is 89.8 Å². The van der Waals surface area contributed by atoms with Gasteiger partial charge in [-0.05, 0) is 114 Å². The minimum Gasteiger partial charge on any atom is -0.444 e. The molecule has 0 saturated heterocycles. The van der Waals surface area contributed by atoms with Crippen LogP contribution in [0, 0.1) is 10.8 Å². The number of amides is 2. The minimum absolute atomic E-state index is 0.0716. The van der Waals surface area contributed by atoms with Crippen molar-refractivity contribution in [3.05, 3.63) is 53.9 Å². The van der Waals surface area contributed by atoms with Gasteiger partial charge in [0.05, 0.1) is 11.0 Å². The van der Waals surface area contributed by atoms with E-state index in [9.17, 15) is 27.2 Å². The molecule has 0 atom stereocenters. The second-order valence-electron chi connectivity index (χ2n) is 14.2. The van der Waals surface area contributed by atoms with Gasteiger partial charge in [0.2, 0.25) is 5.91 Å². The summed E-state index contributed by atoms with van der Waals surface area (Å²) in [5, 5.41) is 2.75. The smallest absolute Gasteiger partial charge is 0.417 e. The van der Waals surface area contributed by atoms with E-state index in [1.165, 1.54) is 6.07 Å². The number of anilines is 2. The topological polar surface area (TPSA) is 71.5 Å². The lowest BCUT2D eigenvalue weighted by Gasteiger charge is -2.65. The van der Waals surface area contributed by atoms with Gasteiger partial charge in [0, 0.05) is 35.2 Å². The van der Waals surface area contributed by atoms with E-state index in [1.54, 1.807) is 43.9 Å². The van der Waals surface area contributed by atoms with Crippen LogP contribution in [0.2, 0.25) is 0 Å². The first kappa shape index (κ1) is 28.9. The lowest BCUT2D eigenvalue weighted by atomic mass is 9.41. The van der Waals surface area contributed by atoms with Crippen molar-refractivity contribution in [2.24, 2.45) is 10.8 Å².